The van der Waals surface area contributed by atoms with Crippen molar-refractivity contribution in [2.75, 3.05) is 13.1 Å². The third-order valence-electron chi connectivity index (χ3n) is 3.25. The van der Waals surface area contributed by atoms with E-state index in [1.165, 1.54) is 5.56 Å². The number of aryl methyl sites for hydroxylation is 1. The Morgan fingerprint density at radius 2 is 2.00 bits per heavy atom. The van der Waals surface area contributed by atoms with Crippen molar-refractivity contribution in [2.45, 2.75) is 26.7 Å². The average molecular weight is 245 g/mol. The van der Waals surface area contributed by atoms with E-state index in [9.17, 15) is 4.79 Å². The molecule has 0 atom stereocenters. The highest BCUT2D eigenvalue weighted by atomic mass is 16.6. The molecule has 0 aromatic heterocycles. The van der Waals surface area contributed by atoms with E-state index in [4.69, 9.17) is 4.74 Å². The monoisotopic (exact) mass is 245 g/mol. The van der Waals surface area contributed by atoms with Crippen molar-refractivity contribution in [1.29, 1.82) is 0 Å². The van der Waals surface area contributed by atoms with Gasteiger partial charge in [0.25, 0.3) is 0 Å². The highest BCUT2D eigenvalue weighted by Gasteiger charge is 2.18. The van der Waals surface area contributed by atoms with E-state index in [0.717, 1.165) is 18.4 Å². The molecule has 3 nitrogen and oxygen atoms in total. The van der Waals surface area contributed by atoms with Crippen molar-refractivity contribution in [3.8, 4) is 0 Å². The summed E-state index contributed by atoms with van der Waals surface area (Å²) in [6.45, 7) is 5.25. The SMILES string of the molecule is CCN(CC)C(=O)OC1=CCCc2ccccc21. The number of amides is 1. The molecule has 2 rings (SSSR count). The van der Waals surface area contributed by atoms with E-state index >= 15 is 0 Å². The largest absolute Gasteiger partial charge is 0.415 e. The highest BCUT2D eigenvalue weighted by molar-refractivity contribution is 5.78. The fraction of sp³-hybridized carbons (Fsp3) is 0.400. The molecule has 96 valence electrons. The molecule has 0 fully saturated rings. The molecule has 1 aliphatic carbocycles. The minimum Gasteiger partial charge on any atom is -0.410 e. The van der Waals surface area contributed by atoms with Gasteiger partial charge in [-0.25, -0.2) is 4.79 Å². The standard InChI is InChI=1S/C15H19NO2/c1-3-16(4-2)15(17)18-14-11-7-9-12-8-5-6-10-13(12)14/h5-6,8,10-11H,3-4,7,9H2,1-2H3. The number of ether oxygens (including phenoxy) is 1. The molecule has 1 aromatic carbocycles. The van der Waals surface area contributed by atoms with Gasteiger partial charge >= 0.3 is 6.09 Å². The molecule has 0 radical (unpaired) electrons. The van der Waals surface area contributed by atoms with Gasteiger partial charge in [0.15, 0.2) is 0 Å². The first-order chi connectivity index (χ1) is 8.76. The maximum atomic E-state index is 11.9. The first-order valence-electron chi connectivity index (χ1n) is 6.51. The first kappa shape index (κ1) is 12.7. The molecular weight excluding hydrogens is 226 g/mol. The number of carbonyl (C=O) groups is 1. The van der Waals surface area contributed by atoms with E-state index in [1.807, 2.05) is 38.1 Å². The van der Waals surface area contributed by atoms with Crippen LogP contribution in [0.5, 0.6) is 0 Å². The molecule has 18 heavy (non-hydrogen) atoms. The summed E-state index contributed by atoms with van der Waals surface area (Å²) in [6, 6.07) is 8.10. The van der Waals surface area contributed by atoms with Crippen LogP contribution >= 0.6 is 0 Å². The lowest BCUT2D eigenvalue weighted by Crippen LogP contribution is -2.31. The number of hydrogen-bond donors (Lipinski definition) is 0. The summed E-state index contributed by atoms with van der Waals surface area (Å²) in [5, 5.41) is 0. The molecule has 1 amide bonds. The van der Waals surface area contributed by atoms with Crippen LogP contribution in [0.4, 0.5) is 4.79 Å². The van der Waals surface area contributed by atoms with Gasteiger partial charge in [0.2, 0.25) is 0 Å². The minimum absolute atomic E-state index is 0.261. The number of hydrogen-bond acceptors (Lipinski definition) is 2. The molecule has 1 aliphatic rings. The topological polar surface area (TPSA) is 29.5 Å². The van der Waals surface area contributed by atoms with Crippen molar-refractivity contribution >= 4 is 11.9 Å². The smallest absolute Gasteiger partial charge is 0.410 e. The van der Waals surface area contributed by atoms with Crippen molar-refractivity contribution in [3.05, 3.63) is 41.5 Å². The van der Waals surface area contributed by atoms with E-state index in [-0.39, 0.29) is 6.09 Å². The Morgan fingerprint density at radius 3 is 2.72 bits per heavy atom. The Morgan fingerprint density at radius 1 is 1.28 bits per heavy atom. The van der Waals surface area contributed by atoms with Crippen LogP contribution in [-0.2, 0) is 11.2 Å². The predicted octanol–water partition coefficient (Wildman–Crippen LogP) is 3.45. The van der Waals surface area contributed by atoms with Crippen LogP contribution in [0.3, 0.4) is 0 Å². The summed E-state index contributed by atoms with van der Waals surface area (Å²) in [5.41, 5.74) is 2.30. The van der Waals surface area contributed by atoms with E-state index in [1.54, 1.807) is 4.90 Å². The number of fused-ring (bicyclic) bond motifs is 1. The molecular formula is C15H19NO2. The normalized spacial score (nSPS) is 13.6. The zero-order chi connectivity index (χ0) is 13.0. The van der Waals surface area contributed by atoms with Gasteiger partial charge in [-0.3, -0.25) is 0 Å². The maximum absolute atomic E-state index is 11.9. The lowest BCUT2D eigenvalue weighted by molar-refractivity contribution is 0.148. The van der Waals surface area contributed by atoms with Crippen molar-refractivity contribution < 1.29 is 9.53 Å². The van der Waals surface area contributed by atoms with Crippen LogP contribution in [-0.4, -0.2) is 24.1 Å². The van der Waals surface area contributed by atoms with E-state index < -0.39 is 0 Å². The lowest BCUT2D eigenvalue weighted by atomic mass is 9.96. The van der Waals surface area contributed by atoms with Gasteiger partial charge in [0.05, 0.1) is 0 Å². The van der Waals surface area contributed by atoms with Gasteiger partial charge in [-0.15, -0.1) is 0 Å². The number of carbonyl (C=O) groups excluding carboxylic acids is 1. The zero-order valence-corrected chi connectivity index (χ0v) is 11.0. The van der Waals surface area contributed by atoms with Crippen LogP contribution in [0.2, 0.25) is 0 Å². The number of nitrogens with zero attached hydrogens (tertiary/aromatic N) is 1. The molecule has 0 aliphatic heterocycles. The molecule has 1 aromatic rings. The quantitative estimate of drug-likeness (QED) is 0.816. The molecule has 0 bridgehead atoms. The second kappa shape index (κ2) is 5.71. The molecule has 0 saturated heterocycles. The van der Waals surface area contributed by atoms with Gasteiger partial charge in [-0.1, -0.05) is 24.3 Å². The summed E-state index contributed by atoms with van der Waals surface area (Å²) in [4.78, 5) is 13.6. The molecule has 0 spiro atoms. The number of benzene rings is 1. The van der Waals surface area contributed by atoms with Crippen molar-refractivity contribution in [2.24, 2.45) is 0 Å². The fourth-order valence-corrected chi connectivity index (χ4v) is 2.18. The third-order valence-corrected chi connectivity index (χ3v) is 3.25. The van der Waals surface area contributed by atoms with Gasteiger partial charge in [0.1, 0.15) is 5.76 Å². The Labute approximate surface area is 108 Å². The predicted molar refractivity (Wildman–Crippen MR) is 72.1 cm³/mol. The Hall–Kier alpha value is -1.77. The summed E-state index contributed by atoms with van der Waals surface area (Å²) in [6.07, 6.45) is 3.69. The average Bonchev–Trinajstić information content (AvgIpc) is 2.40. The summed E-state index contributed by atoms with van der Waals surface area (Å²) < 4.78 is 5.51. The van der Waals surface area contributed by atoms with Crippen LogP contribution in [0.1, 0.15) is 31.4 Å². The molecule has 0 heterocycles. The van der Waals surface area contributed by atoms with Gasteiger partial charge in [-0.2, -0.15) is 0 Å². The van der Waals surface area contributed by atoms with Crippen molar-refractivity contribution in [1.82, 2.24) is 4.90 Å². The summed E-state index contributed by atoms with van der Waals surface area (Å²) in [7, 11) is 0. The Kier molecular flexibility index (Phi) is 4.03. The third kappa shape index (κ3) is 2.55. The molecule has 0 saturated carbocycles. The van der Waals surface area contributed by atoms with Crippen LogP contribution in [0, 0.1) is 0 Å². The lowest BCUT2D eigenvalue weighted by Gasteiger charge is -2.22. The Bertz CT molecular complexity index is 461. The molecule has 3 heteroatoms. The number of allylic oxidation sites excluding steroid dienone is 1. The first-order valence-corrected chi connectivity index (χ1v) is 6.51. The van der Waals surface area contributed by atoms with Crippen LogP contribution in [0.25, 0.3) is 5.76 Å². The Balaban J connectivity index is 2.15. The maximum Gasteiger partial charge on any atom is 0.415 e. The van der Waals surface area contributed by atoms with E-state index in [2.05, 4.69) is 6.07 Å². The van der Waals surface area contributed by atoms with Gasteiger partial charge in [0, 0.05) is 18.7 Å². The fourth-order valence-electron chi connectivity index (χ4n) is 2.18. The highest BCUT2D eigenvalue weighted by Crippen LogP contribution is 2.27. The molecule has 0 unspecified atom stereocenters. The van der Waals surface area contributed by atoms with Crippen LogP contribution < -0.4 is 0 Å². The zero-order valence-electron chi connectivity index (χ0n) is 11.0. The summed E-state index contributed by atoms with van der Waals surface area (Å²) >= 11 is 0. The summed E-state index contributed by atoms with van der Waals surface area (Å²) in [5.74, 6) is 0.703. The van der Waals surface area contributed by atoms with E-state index in [0.29, 0.717) is 18.8 Å². The van der Waals surface area contributed by atoms with Gasteiger partial charge < -0.3 is 9.64 Å². The second-order valence-corrected chi connectivity index (χ2v) is 4.30. The number of rotatable bonds is 3. The second-order valence-electron chi connectivity index (χ2n) is 4.30. The van der Waals surface area contributed by atoms with Crippen molar-refractivity contribution in [3.63, 3.8) is 0 Å². The van der Waals surface area contributed by atoms with Gasteiger partial charge in [-0.05, 0) is 38.3 Å². The minimum atomic E-state index is -0.261. The van der Waals surface area contributed by atoms with Crippen LogP contribution in [0.15, 0.2) is 30.3 Å². The molecule has 0 N–H and O–H groups in total.